The van der Waals surface area contributed by atoms with E-state index < -0.39 is 0 Å². The number of piperazine rings is 1. The molecule has 1 aromatic rings. The van der Waals surface area contributed by atoms with E-state index in [2.05, 4.69) is 21.9 Å². The molecule has 1 unspecified atom stereocenters. The molecule has 5 nitrogen and oxygen atoms in total. The van der Waals surface area contributed by atoms with Gasteiger partial charge in [-0.3, -0.25) is 4.90 Å². The second-order valence-corrected chi connectivity index (χ2v) is 5.27. The third-order valence-corrected chi connectivity index (χ3v) is 3.93. The molecular formula is C16H27N3O2. The summed E-state index contributed by atoms with van der Waals surface area (Å²) in [6, 6.07) is 8.20. The van der Waals surface area contributed by atoms with Crippen molar-refractivity contribution in [1.82, 2.24) is 4.90 Å². The monoisotopic (exact) mass is 293 g/mol. The van der Waals surface area contributed by atoms with Crippen LogP contribution in [0.4, 0.5) is 5.69 Å². The summed E-state index contributed by atoms with van der Waals surface area (Å²) in [5.74, 6) is 0.945. The van der Waals surface area contributed by atoms with Crippen molar-refractivity contribution in [3.05, 3.63) is 24.3 Å². The smallest absolute Gasteiger partial charge is 0.142 e. The van der Waals surface area contributed by atoms with Gasteiger partial charge in [-0.1, -0.05) is 12.1 Å². The molecular weight excluding hydrogens is 266 g/mol. The highest BCUT2D eigenvalue weighted by Gasteiger charge is 2.21. The van der Waals surface area contributed by atoms with Gasteiger partial charge in [-0.25, -0.2) is 0 Å². The molecule has 0 radical (unpaired) electrons. The molecule has 1 aliphatic heterocycles. The van der Waals surface area contributed by atoms with Crippen LogP contribution in [0.3, 0.4) is 0 Å². The average molecular weight is 293 g/mol. The van der Waals surface area contributed by atoms with Crippen molar-refractivity contribution in [2.45, 2.75) is 13.0 Å². The average Bonchev–Trinajstić information content (AvgIpc) is 2.55. The van der Waals surface area contributed by atoms with E-state index >= 15 is 0 Å². The van der Waals surface area contributed by atoms with Crippen LogP contribution in [0.15, 0.2) is 24.3 Å². The van der Waals surface area contributed by atoms with Gasteiger partial charge in [0.05, 0.1) is 18.9 Å². The first-order valence-corrected chi connectivity index (χ1v) is 7.70. The number of benzene rings is 1. The number of hydrogen-bond donors (Lipinski definition) is 1. The first-order valence-electron chi connectivity index (χ1n) is 7.70. The first-order chi connectivity index (χ1) is 10.3. The molecule has 2 N–H and O–H groups in total. The highest BCUT2D eigenvalue weighted by molar-refractivity contribution is 5.58. The van der Waals surface area contributed by atoms with Crippen molar-refractivity contribution >= 4 is 5.69 Å². The van der Waals surface area contributed by atoms with Crippen LogP contribution in [0.25, 0.3) is 0 Å². The summed E-state index contributed by atoms with van der Waals surface area (Å²) in [4.78, 5) is 4.81. The number of nitrogens with two attached hydrogens (primary N) is 1. The number of anilines is 1. The Bertz CT molecular complexity index is 420. The van der Waals surface area contributed by atoms with Gasteiger partial charge in [0.1, 0.15) is 5.75 Å². The van der Waals surface area contributed by atoms with E-state index in [-0.39, 0.29) is 6.10 Å². The van der Waals surface area contributed by atoms with Crippen molar-refractivity contribution < 1.29 is 9.47 Å². The van der Waals surface area contributed by atoms with Crippen molar-refractivity contribution in [2.24, 2.45) is 5.73 Å². The molecule has 0 aliphatic carbocycles. The largest absolute Gasteiger partial charge is 0.495 e. The minimum absolute atomic E-state index is 0.146. The van der Waals surface area contributed by atoms with E-state index in [0.717, 1.165) is 45.1 Å². The fourth-order valence-corrected chi connectivity index (χ4v) is 2.78. The van der Waals surface area contributed by atoms with E-state index in [9.17, 15) is 0 Å². The molecule has 1 aromatic carbocycles. The summed E-state index contributed by atoms with van der Waals surface area (Å²) in [6.45, 7) is 8.31. The summed E-state index contributed by atoms with van der Waals surface area (Å²) in [7, 11) is 1.73. The lowest BCUT2D eigenvalue weighted by molar-refractivity contribution is 0.0379. The number of rotatable bonds is 7. The predicted octanol–water partition coefficient (Wildman–Crippen LogP) is 1.18. The molecule has 0 spiro atoms. The minimum Gasteiger partial charge on any atom is -0.495 e. The summed E-state index contributed by atoms with van der Waals surface area (Å²) in [5, 5.41) is 0. The van der Waals surface area contributed by atoms with E-state index in [4.69, 9.17) is 15.2 Å². The minimum atomic E-state index is 0.146. The fourth-order valence-electron chi connectivity index (χ4n) is 2.78. The van der Waals surface area contributed by atoms with Crippen LogP contribution in [-0.4, -0.2) is 64.0 Å². The maximum atomic E-state index is 5.75. The Balaban J connectivity index is 1.88. The molecule has 1 fully saturated rings. The fraction of sp³-hybridized carbons (Fsp3) is 0.625. The molecule has 0 bridgehead atoms. The Labute approximate surface area is 127 Å². The molecule has 1 aliphatic rings. The van der Waals surface area contributed by atoms with Crippen LogP contribution in [0, 0.1) is 0 Å². The van der Waals surface area contributed by atoms with Gasteiger partial charge in [-0.05, 0) is 19.1 Å². The summed E-state index contributed by atoms with van der Waals surface area (Å²) >= 11 is 0. The Hall–Kier alpha value is -1.30. The highest BCUT2D eigenvalue weighted by Crippen LogP contribution is 2.28. The summed E-state index contributed by atoms with van der Waals surface area (Å²) in [6.07, 6.45) is 0.146. The molecule has 1 saturated heterocycles. The number of nitrogens with zero attached hydrogens (tertiary/aromatic N) is 2. The second kappa shape index (κ2) is 8.22. The van der Waals surface area contributed by atoms with Crippen molar-refractivity contribution in [1.29, 1.82) is 0 Å². The van der Waals surface area contributed by atoms with Crippen LogP contribution >= 0.6 is 0 Å². The molecule has 0 amide bonds. The first kappa shape index (κ1) is 16.1. The molecule has 118 valence electrons. The van der Waals surface area contributed by atoms with Crippen LogP contribution in [0.5, 0.6) is 5.75 Å². The number of para-hydroxylation sites is 2. The van der Waals surface area contributed by atoms with Gasteiger partial charge in [0.2, 0.25) is 0 Å². The molecule has 5 heteroatoms. The molecule has 0 saturated carbocycles. The maximum Gasteiger partial charge on any atom is 0.142 e. The summed E-state index contributed by atoms with van der Waals surface area (Å²) in [5.41, 5.74) is 6.93. The van der Waals surface area contributed by atoms with Crippen molar-refractivity contribution in [3.8, 4) is 5.75 Å². The standard InChI is InChI=1S/C16H27N3O2/c1-3-21-14(12-17)13-18-8-10-19(11-9-18)15-6-4-5-7-16(15)20-2/h4-7,14H,3,8-13,17H2,1-2H3. The third-order valence-electron chi connectivity index (χ3n) is 3.93. The maximum absolute atomic E-state index is 5.75. The Morgan fingerprint density at radius 3 is 2.52 bits per heavy atom. The lowest BCUT2D eigenvalue weighted by Crippen LogP contribution is -2.50. The second-order valence-electron chi connectivity index (χ2n) is 5.27. The SMILES string of the molecule is CCOC(CN)CN1CCN(c2ccccc2OC)CC1. The van der Waals surface area contributed by atoms with Crippen LogP contribution < -0.4 is 15.4 Å². The quantitative estimate of drug-likeness (QED) is 0.818. The lowest BCUT2D eigenvalue weighted by atomic mass is 10.2. The van der Waals surface area contributed by atoms with Gasteiger partial charge in [-0.2, -0.15) is 0 Å². The Kier molecular flexibility index (Phi) is 6.29. The van der Waals surface area contributed by atoms with E-state index in [1.165, 1.54) is 5.69 Å². The normalized spacial score (nSPS) is 17.8. The highest BCUT2D eigenvalue weighted by atomic mass is 16.5. The van der Waals surface area contributed by atoms with E-state index in [1.807, 2.05) is 19.1 Å². The zero-order valence-corrected chi connectivity index (χ0v) is 13.1. The Morgan fingerprint density at radius 2 is 1.90 bits per heavy atom. The summed E-state index contributed by atoms with van der Waals surface area (Å²) < 4.78 is 11.1. The van der Waals surface area contributed by atoms with Crippen LogP contribution in [0.1, 0.15) is 6.92 Å². The van der Waals surface area contributed by atoms with Crippen LogP contribution in [-0.2, 0) is 4.74 Å². The van der Waals surface area contributed by atoms with Crippen LogP contribution in [0.2, 0.25) is 0 Å². The topological polar surface area (TPSA) is 51.0 Å². The van der Waals surface area contributed by atoms with Crippen molar-refractivity contribution in [2.75, 3.05) is 57.9 Å². The van der Waals surface area contributed by atoms with Gasteiger partial charge >= 0.3 is 0 Å². The van der Waals surface area contributed by atoms with Crippen molar-refractivity contribution in [3.63, 3.8) is 0 Å². The molecule has 21 heavy (non-hydrogen) atoms. The third kappa shape index (κ3) is 4.33. The van der Waals surface area contributed by atoms with Gasteiger partial charge in [0, 0.05) is 45.9 Å². The van der Waals surface area contributed by atoms with Gasteiger partial charge < -0.3 is 20.1 Å². The zero-order valence-electron chi connectivity index (χ0n) is 13.1. The van der Waals surface area contributed by atoms with E-state index in [1.54, 1.807) is 7.11 Å². The van der Waals surface area contributed by atoms with Gasteiger partial charge in [0.15, 0.2) is 0 Å². The number of methoxy groups -OCH3 is 1. The molecule has 2 rings (SSSR count). The molecule has 0 aromatic heterocycles. The predicted molar refractivity (Wildman–Crippen MR) is 86.1 cm³/mol. The lowest BCUT2D eigenvalue weighted by Gasteiger charge is -2.37. The molecule has 1 atom stereocenters. The van der Waals surface area contributed by atoms with Gasteiger partial charge in [-0.15, -0.1) is 0 Å². The molecule has 1 heterocycles. The number of ether oxygens (including phenoxy) is 2. The number of hydrogen-bond acceptors (Lipinski definition) is 5. The van der Waals surface area contributed by atoms with Gasteiger partial charge in [0.25, 0.3) is 0 Å². The zero-order chi connectivity index (χ0) is 15.1. The van der Waals surface area contributed by atoms with E-state index in [0.29, 0.717) is 6.54 Å². The Morgan fingerprint density at radius 1 is 1.19 bits per heavy atom.